The molecule has 1 aromatic rings. The van der Waals surface area contributed by atoms with Gasteiger partial charge in [-0.15, -0.1) is 0 Å². The van der Waals surface area contributed by atoms with Crippen molar-refractivity contribution in [1.82, 2.24) is 10.2 Å². The third-order valence-corrected chi connectivity index (χ3v) is 4.58. The highest BCUT2D eigenvalue weighted by Gasteiger charge is 2.35. The summed E-state index contributed by atoms with van der Waals surface area (Å²) in [6, 6.07) is 10.7. The molecule has 0 spiro atoms. The van der Waals surface area contributed by atoms with E-state index in [4.69, 9.17) is 0 Å². The first-order chi connectivity index (χ1) is 8.92. The molecule has 2 unspecified atom stereocenters. The fourth-order valence-electron chi connectivity index (χ4n) is 3.58. The molecular weight excluding hydrogens is 220 g/mol. The van der Waals surface area contributed by atoms with Gasteiger partial charge in [-0.2, -0.15) is 0 Å². The summed E-state index contributed by atoms with van der Waals surface area (Å²) in [4.78, 5) is 2.66. The minimum absolute atomic E-state index is 1.00. The van der Waals surface area contributed by atoms with Crippen LogP contribution in [0.5, 0.6) is 0 Å². The quantitative estimate of drug-likeness (QED) is 0.801. The maximum atomic E-state index is 3.55. The lowest BCUT2D eigenvalue weighted by atomic mass is 10.0. The first kappa shape index (κ1) is 12.2. The van der Waals surface area contributed by atoms with Gasteiger partial charge in [0.1, 0.15) is 0 Å². The van der Waals surface area contributed by atoms with Crippen LogP contribution in [-0.2, 0) is 6.54 Å². The summed E-state index contributed by atoms with van der Waals surface area (Å²) in [5.41, 5.74) is 1.38. The lowest BCUT2D eigenvalue weighted by Crippen LogP contribution is -2.30. The van der Waals surface area contributed by atoms with E-state index in [-0.39, 0.29) is 0 Å². The van der Waals surface area contributed by atoms with E-state index >= 15 is 0 Å². The number of hydrogen-bond donors (Lipinski definition) is 1. The molecule has 1 aliphatic heterocycles. The minimum atomic E-state index is 1.00. The summed E-state index contributed by atoms with van der Waals surface area (Å²) in [5, 5.41) is 3.55. The topological polar surface area (TPSA) is 15.3 Å². The number of hydrogen-bond acceptors (Lipinski definition) is 2. The minimum Gasteiger partial charge on any atom is -0.311 e. The van der Waals surface area contributed by atoms with Gasteiger partial charge in [-0.3, -0.25) is 0 Å². The van der Waals surface area contributed by atoms with Gasteiger partial charge in [0.2, 0.25) is 0 Å². The van der Waals surface area contributed by atoms with Gasteiger partial charge in [-0.05, 0) is 30.2 Å². The molecule has 1 N–H and O–H groups in total. The second kappa shape index (κ2) is 5.85. The van der Waals surface area contributed by atoms with Crippen LogP contribution in [0.4, 0.5) is 0 Å². The molecule has 1 aromatic carbocycles. The fourth-order valence-corrected chi connectivity index (χ4v) is 3.58. The molecule has 1 aliphatic carbocycles. The van der Waals surface area contributed by atoms with Crippen molar-refractivity contribution in [2.24, 2.45) is 11.8 Å². The molecule has 2 nitrogen and oxygen atoms in total. The molecular formula is C16H24N2. The Morgan fingerprint density at radius 2 is 1.78 bits per heavy atom. The van der Waals surface area contributed by atoms with Gasteiger partial charge in [0, 0.05) is 32.7 Å². The molecule has 2 fully saturated rings. The van der Waals surface area contributed by atoms with E-state index in [1.54, 1.807) is 0 Å². The predicted molar refractivity (Wildman–Crippen MR) is 75.4 cm³/mol. The molecule has 1 saturated carbocycles. The molecule has 18 heavy (non-hydrogen) atoms. The van der Waals surface area contributed by atoms with Crippen molar-refractivity contribution < 1.29 is 0 Å². The first-order valence-electron chi connectivity index (χ1n) is 7.39. The number of rotatable bonds is 5. The monoisotopic (exact) mass is 244 g/mol. The number of fused-ring (bicyclic) bond motifs is 1. The molecule has 3 rings (SSSR count). The van der Waals surface area contributed by atoms with E-state index in [2.05, 4.69) is 40.5 Å². The molecule has 0 aromatic heterocycles. The number of benzene rings is 1. The molecule has 2 aliphatic rings. The van der Waals surface area contributed by atoms with Crippen LogP contribution in [0.2, 0.25) is 0 Å². The van der Waals surface area contributed by atoms with Crippen molar-refractivity contribution in [3.63, 3.8) is 0 Å². The standard InChI is InChI=1S/C16H24N2/c1-2-5-14(6-3-1)11-17-9-10-18-12-15-7-4-8-16(15)13-18/h1-3,5-6,15-17H,4,7-13H2. The van der Waals surface area contributed by atoms with Gasteiger partial charge in [0.05, 0.1) is 0 Å². The molecule has 1 saturated heterocycles. The van der Waals surface area contributed by atoms with Crippen molar-refractivity contribution in [3.8, 4) is 0 Å². The number of nitrogens with zero attached hydrogens (tertiary/aromatic N) is 1. The summed E-state index contributed by atoms with van der Waals surface area (Å²) in [5.74, 6) is 2.05. The van der Waals surface area contributed by atoms with Crippen molar-refractivity contribution in [3.05, 3.63) is 35.9 Å². The van der Waals surface area contributed by atoms with E-state index in [0.717, 1.165) is 24.9 Å². The lowest BCUT2D eigenvalue weighted by molar-refractivity contribution is 0.309. The summed E-state index contributed by atoms with van der Waals surface area (Å²) in [7, 11) is 0. The Morgan fingerprint density at radius 1 is 1.06 bits per heavy atom. The van der Waals surface area contributed by atoms with Crippen LogP contribution in [0, 0.1) is 11.8 Å². The highest BCUT2D eigenvalue weighted by atomic mass is 15.2. The smallest absolute Gasteiger partial charge is 0.0206 e. The molecule has 2 heteroatoms. The van der Waals surface area contributed by atoms with Crippen LogP contribution < -0.4 is 5.32 Å². The second-order valence-electron chi connectivity index (χ2n) is 5.87. The molecule has 2 atom stereocenters. The van der Waals surface area contributed by atoms with Crippen molar-refractivity contribution in [2.45, 2.75) is 25.8 Å². The Labute approximate surface area is 110 Å². The van der Waals surface area contributed by atoms with Gasteiger partial charge in [-0.25, -0.2) is 0 Å². The van der Waals surface area contributed by atoms with E-state index in [9.17, 15) is 0 Å². The maximum Gasteiger partial charge on any atom is 0.0206 e. The summed E-state index contributed by atoms with van der Waals surface area (Å²) in [6.45, 7) is 6.06. The Hall–Kier alpha value is -0.860. The average molecular weight is 244 g/mol. The maximum absolute atomic E-state index is 3.55. The largest absolute Gasteiger partial charge is 0.311 e. The molecule has 0 radical (unpaired) electrons. The van der Waals surface area contributed by atoms with Gasteiger partial charge >= 0.3 is 0 Å². The highest BCUT2D eigenvalue weighted by molar-refractivity contribution is 5.14. The summed E-state index contributed by atoms with van der Waals surface area (Å²) >= 11 is 0. The molecule has 98 valence electrons. The third kappa shape index (κ3) is 2.93. The van der Waals surface area contributed by atoms with E-state index in [1.165, 1.54) is 44.5 Å². The van der Waals surface area contributed by atoms with Crippen LogP contribution in [0.25, 0.3) is 0 Å². The van der Waals surface area contributed by atoms with Gasteiger partial charge in [-0.1, -0.05) is 36.8 Å². The third-order valence-electron chi connectivity index (χ3n) is 4.58. The average Bonchev–Trinajstić information content (AvgIpc) is 2.96. The summed E-state index contributed by atoms with van der Waals surface area (Å²) in [6.07, 6.45) is 4.45. The Kier molecular flexibility index (Phi) is 3.96. The number of nitrogens with one attached hydrogen (secondary N) is 1. The Balaban J connectivity index is 1.34. The highest BCUT2D eigenvalue weighted by Crippen LogP contribution is 2.37. The molecule has 0 amide bonds. The normalized spacial score (nSPS) is 27.6. The Morgan fingerprint density at radius 3 is 2.50 bits per heavy atom. The zero-order chi connectivity index (χ0) is 12.2. The van der Waals surface area contributed by atoms with Crippen LogP contribution in [0.15, 0.2) is 30.3 Å². The predicted octanol–water partition coefficient (Wildman–Crippen LogP) is 2.51. The molecule has 0 bridgehead atoms. The van der Waals surface area contributed by atoms with Crippen LogP contribution in [0.3, 0.4) is 0 Å². The zero-order valence-corrected chi connectivity index (χ0v) is 11.1. The van der Waals surface area contributed by atoms with Crippen molar-refractivity contribution >= 4 is 0 Å². The first-order valence-corrected chi connectivity index (χ1v) is 7.39. The fraction of sp³-hybridized carbons (Fsp3) is 0.625. The van der Waals surface area contributed by atoms with E-state index in [0.29, 0.717) is 0 Å². The number of likely N-dealkylation sites (tertiary alicyclic amines) is 1. The SMILES string of the molecule is c1ccc(CNCCN2CC3CCCC3C2)cc1. The van der Waals surface area contributed by atoms with Crippen LogP contribution in [-0.4, -0.2) is 31.1 Å². The summed E-state index contributed by atoms with van der Waals surface area (Å²) < 4.78 is 0. The Bertz CT molecular complexity index is 351. The second-order valence-corrected chi connectivity index (χ2v) is 5.87. The zero-order valence-electron chi connectivity index (χ0n) is 11.1. The van der Waals surface area contributed by atoms with Crippen LogP contribution >= 0.6 is 0 Å². The van der Waals surface area contributed by atoms with Gasteiger partial charge in [0.25, 0.3) is 0 Å². The van der Waals surface area contributed by atoms with E-state index in [1.807, 2.05) is 0 Å². The van der Waals surface area contributed by atoms with E-state index < -0.39 is 0 Å². The van der Waals surface area contributed by atoms with Gasteiger partial charge < -0.3 is 10.2 Å². The lowest BCUT2D eigenvalue weighted by Gasteiger charge is -2.16. The van der Waals surface area contributed by atoms with Gasteiger partial charge in [0.15, 0.2) is 0 Å². The van der Waals surface area contributed by atoms with Crippen LogP contribution in [0.1, 0.15) is 24.8 Å². The van der Waals surface area contributed by atoms with Crippen molar-refractivity contribution in [2.75, 3.05) is 26.2 Å². The van der Waals surface area contributed by atoms with Crippen molar-refractivity contribution in [1.29, 1.82) is 0 Å². The molecule has 1 heterocycles.